The Balaban J connectivity index is 1.37. The van der Waals surface area contributed by atoms with Gasteiger partial charge in [0.25, 0.3) is 0 Å². The van der Waals surface area contributed by atoms with Gasteiger partial charge in [-0.3, -0.25) is 4.98 Å². The quantitative estimate of drug-likeness (QED) is 0.733. The molecule has 0 aliphatic heterocycles. The van der Waals surface area contributed by atoms with Gasteiger partial charge in [-0.2, -0.15) is 0 Å². The van der Waals surface area contributed by atoms with Crippen LogP contribution in [0.4, 0.5) is 0 Å². The molecule has 3 saturated carbocycles. The number of benzene rings is 1. The van der Waals surface area contributed by atoms with Gasteiger partial charge < -0.3 is 0 Å². The van der Waals surface area contributed by atoms with Crippen LogP contribution in [0, 0.1) is 0 Å². The van der Waals surface area contributed by atoms with Crippen molar-refractivity contribution >= 4 is 0 Å². The monoisotopic (exact) mass is 285 g/mol. The van der Waals surface area contributed by atoms with Gasteiger partial charge in [0.05, 0.1) is 5.69 Å². The Hall–Kier alpha value is -1.63. The number of aromatic nitrogens is 1. The lowest BCUT2D eigenvalue weighted by Gasteiger charge is -2.47. The van der Waals surface area contributed by atoms with E-state index in [-0.39, 0.29) is 0 Å². The van der Waals surface area contributed by atoms with Gasteiger partial charge in [-0.25, -0.2) is 0 Å². The summed E-state index contributed by atoms with van der Waals surface area (Å²) in [7, 11) is 0. The Morgan fingerprint density at radius 1 is 0.909 bits per heavy atom. The third-order valence-electron chi connectivity index (χ3n) is 8.00. The molecule has 0 radical (unpaired) electrons. The van der Waals surface area contributed by atoms with Crippen molar-refractivity contribution in [2.24, 2.45) is 0 Å². The van der Waals surface area contributed by atoms with Gasteiger partial charge in [0.1, 0.15) is 0 Å². The highest BCUT2D eigenvalue weighted by Crippen LogP contribution is 2.86. The van der Waals surface area contributed by atoms with Gasteiger partial charge in [0.2, 0.25) is 0 Å². The molecule has 2 bridgehead atoms. The molecule has 0 amide bonds. The molecule has 0 saturated heterocycles. The molecule has 7 rings (SSSR count). The van der Waals surface area contributed by atoms with Crippen molar-refractivity contribution < 1.29 is 0 Å². The number of rotatable bonds is 1. The largest absolute Gasteiger partial charge is 0.256 e. The summed E-state index contributed by atoms with van der Waals surface area (Å²) in [4.78, 5) is 4.83. The molecule has 108 valence electrons. The lowest BCUT2D eigenvalue weighted by atomic mass is 9.56. The summed E-state index contributed by atoms with van der Waals surface area (Å²) in [6.45, 7) is 0. The van der Waals surface area contributed by atoms with Gasteiger partial charge in [0.15, 0.2) is 0 Å². The van der Waals surface area contributed by atoms with Gasteiger partial charge in [0, 0.05) is 22.6 Å². The predicted molar refractivity (Wildman–Crippen MR) is 86.2 cm³/mol. The van der Waals surface area contributed by atoms with Crippen LogP contribution < -0.4 is 0 Å². The maximum atomic E-state index is 4.83. The topological polar surface area (TPSA) is 12.9 Å². The standard InChI is InChI=1S/C21H19N/c1-2-13-7-12(1)15-9-19(22-10-16(13)15)14-3-4-17-18(8-14)21-6-5-20(17,21)11-21/h3-4,8-10,12-13H,1-2,5-7,11H2/t12?,13-,20?,21?/m1/s1. The van der Waals surface area contributed by atoms with E-state index in [1.807, 2.05) is 0 Å². The summed E-state index contributed by atoms with van der Waals surface area (Å²) in [6, 6.07) is 9.63. The van der Waals surface area contributed by atoms with Crippen molar-refractivity contribution in [1.29, 1.82) is 0 Å². The van der Waals surface area contributed by atoms with Crippen LogP contribution in [0.15, 0.2) is 30.5 Å². The molecule has 1 nitrogen and oxygen atoms in total. The van der Waals surface area contributed by atoms with Crippen LogP contribution in [0.2, 0.25) is 0 Å². The third kappa shape index (κ3) is 0.926. The second kappa shape index (κ2) is 3.04. The first-order valence-electron chi connectivity index (χ1n) is 8.96. The van der Waals surface area contributed by atoms with E-state index in [1.165, 1.54) is 49.8 Å². The van der Waals surface area contributed by atoms with Crippen molar-refractivity contribution in [3.05, 3.63) is 52.7 Å². The average molecular weight is 285 g/mol. The summed E-state index contributed by atoms with van der Waals surface area (Å²) in [5.41, 5.74) is 10.4. The zero-order chi connectivity index (χ0) is 14.1. The lowest BCUT2D eigenvalue weighted by Crippen LogP contribution is -2.43. The van der Waals surface area contributed by atoms with Crippen LogP contribution in [0.25, 0.3) is 11.3 Å². The smallest absolute Gasteiger partial charge is 0.0705 e. The van der Waals surface area contributed by atoms with Crippen LogP contribution in [-0.4, -0.2) is 4.98 Å². The molecule has 0 spiro atoms. The first-order valence-corrected chi connectivity index (χ1v) is 8.96. The summed E-state index contributed by atoms with van der Waals surface area (Å²) < 4.78 is 0. The summed E-state index contributed by atoms with van der Waals surface area (Å²) >= 11 is 0. The van der Waals surface area contributed by atoms with E-state index in [4.69, 9.17) is 4.98 Å². The molecular formula is C21H19N. The Labute approximate surface area is 130 Å². The van der Waals surface area contributed by atoms with Gasteiger partial charge in [-0.15, -0.1) is 0 Å². The number of pyridine rings is 1. The highest BCUT2D eigenvalue weighted by atomic mass is 14.8. The lowest BCUT2D eigenvalue weighted by molar-refractivity contribution is 0.291. The van der Waals surface area contributed by atoms with Crippen LogP contribution in [0.3, 0.4) is 0 Å². The minimum Gasteiger partial charge on any atom is -0.256 e. The number of fused-ring (bicyclic) bond motifs is 6. The highest BCUT2D eigenvalue weighted by Gasteiger charge is 2.82. The molecule has 3 fully saturated rings. The maximum Gasteiger partial charge on any atom is 0.0705 e. The minimum atomic E-state index is 0.633. The molecule has 1 heteroatoms. The molecule has 22 heavy (non-hydrogen) atoms. The van der Waals surface area contributed by atoms with E-state index in [0.717, 1.165) is 11.8 Å². The van der Waals surface area contributed by atoms with E-state index in [0.29, 0.717) is 10.8 Å². The van der Waals surface area contributed by atoms with E-state index in [2.05, 4.69) is 30.5 Å². The van der Waals surface area contributed by atoms with Crippen molar-refractivity contribution in [1.82, 2.24) is 4.98 Å². The van der Waals surface area contributed by atoms with Gasteiger partial charge in [-0.05, 0) is 84.7 Å². The zero-order valence-electron chi connectivity index (χ0n) is 12.7. The first kappa shape index (κ1) is 11.0. The second-order valence-electron chi connectivity index (χ2n) is 8.51. The van der Waals surface area contributed by atoms with Crippen molar-refractivity contribution in [3.63, 3.8) is 0 Å². The van der Waals surface area contributed by atoms with Gasteiger partial charge in [-0.1, -0.05) is 12.1 Å². The second-order valence-corrected chi connectivity index (χ2v) is 8.51. The van der Waals surface area contributed by atoms with Gasteiger partial charge >= 0.3 is 0 Å². The Morgan fingerprint density at radius 2 is 1.73 bits per heavy atom. The maximum absolute atomic E-state index is 4.83. The zero-order valence-corrected chi connectivity index (χ0v) is 12.7. The molecular weight excluding hydrogens is 266 g/mol. The average Bonchev–Trinajstić information content (AvgIpc) is 3.06. The fourth-order valence-corrected chi connectivity index (χ4v) is 6.69. The predicted octanol–water partition coefficient (Wildman–Crippen LogP) is 4.80. The van der Waals surface area contributed by atoms with E-state index < -0.39 is 0 Å². The molecule has 1 heterocycles. The fourth-order valence-electron chi connectivity index (χ4n) is 6.69. The first-order chi connectivity index (χ1) is 10.8. The van der Waals surface area contributed by atoms with Crippen molar-refractivity contribution in [3.8, 4) is 11.3 Å². The van der Waals surface area contributed by atoms with Crippen LogP contribution in [0.5, 0.6) is 0 Å². The summed E-state index contributed by atoms with van der Waals surface area (Å²) in [6.07, 6.45) is 10.7. The van der Waals surface area contributed by atoms with Crippen LogP contribution in [-0.2, 0) is 10.8 Å². The van der Waals surface area contributed by atoms with Crippen LogP contribution in [0.1, 0.15) is 72.6 Å². The normalized spacial score (nSPS) is 40.9. The number of hydrogen-bond donors (Lipinski definition) is 0. The summed E-state index contributed by atoms with van der Waals surface area (Å²) in [5.74, 6) is 1.65. The van der Waals surface area contributed by atoms with Crippen molar-refractivity contribution in [2.75, 3.05) is 0 Å². The van der Waals surface area contributed by atoms with Crippen molar-refractivity contribution in [2.45, 2.75) is 61.2 Å². The third-order valence-corrected chi connectivity index (χ3v) is 8.00. The molecule has 0 N–H and O–H groups in total. The Bertz CT molecular complexity index is 844. The highest BCUT2D eigenvalue weighted by molar-refractivity contribution is 5.74. The van der Waals surface area contributed by atoms with Crippen LogP contribution >= 0.6 is 0 Å². The number of nitrogens with zero attached hydrogens (tertiary/aromatic N) is 1. The molecule has 4 atom stereocenters. The molecule has 5 aliphatic carbocycles. The molecule has 1 aromatic heterocycles. The van der Waals surface area contributed by atoms with E-state index >= 15 is 0 Å². The molecule has 2 aromatic rings. The Kier molecular flexibility index (Phi) is 1.52. The molecule has 5 aliphatic rings. The molecule has 3 unspecified atom stereocenters. The Morgan fingerprint density at radius 3 is 2.59 bits per heavy atom. The summed E-state index contributed by atoms with van der Waals surface area (Å²) in [5, 5.41) is 0. The van der Waals surface area contributed by atoms with E-state index in [1.54, 1.807) is 22.3 Å². The fraction of sp³-hybridized carbons (Fsp3) is 0.476. The number of hydrogen-bond acceptors (Lipinski definition) is 1. The SMILES string of the molecule is c1cc2c(cc1-c1cc3c(cn1)[C@@H]1CCC3C1)C13CCC21C3. The molecule has 1 aromatic carbocycles. The minimum absolute atomic E-state index is 0.633. The van der Waals surface area contributed by atoms with E-state index in [9.17, 15) is 0 Å².